The van der Waals surface area contributed by atoms with Crippen LogP contribution in [0.25, 0.3) is 0 Å². The van der Waals surface area contributed by atoms with E-state index in [9.17, 15) is 18.0 Å². The van der Waals surface area contributed by atoms with Gasteiger partial charge in [0.25, 0.3) is 0 Å². The molecule has 1 rings (SSSR count). The first-order valence-electron chi connectivity index (χ1n) is 6.22. The number of carbonyl (C=O) groups excluding carboxylic acids is 1. The quantitative estimate of drug-likeness (QED) is 0.535. The Morgan fingerprint density at radius 2 is 2.15 bits per heavy atom. The zero-order valence-electron chi connectivity index (χ0n) is 11.3. The third-order valence-corrected chi connectivity index (χ3v) is 4.67. The number of hydrogen-bond donors (Lipinski definition) is 2. The Kier molecular flexibility index (Phi) is 5.82. The summed E-state index contributed by atoms with van der Waals surface area (Å²) in [4.78, 5) is 23.8. The lowest BCUT2D eigenvalue weighted by molar-refractivity contribution is -0.138. The Hall–Kier alpha value is -1.75. The third kappa shape index (κ3) is 5.09. The van der Waals surface area contributed by atoms with Crippen LogP contribution in [-0.2, 0) is 14.6 Å². The molecule has 1 atom stereocenters. The minimum Gasteiger partial charge on any atom is -0.480 e. The fourth-order valence-electron chi connectivity index (χ4n) is 1.99. The molecule has 112 valence electrons. The second-order valence-corrected chi connectivity index (χ2v) is 6.72. The molecule has 1 unspecified atom stereocenters. The number of carboxylic acids is 1. The molecule has 0 aliphatic carbocycles. The SMILES string of the molecule is CC#CCCNC(=O)N(CC(=O)O)C1CCS(=O)(=O)C1. The first kappa shape index (κ1) is 16.3. The Balaban J connectivity index is 2.65. The zero-order chi connectivity index (χ0) is 15.2. The van der Waals surface area contributed by atoms with Crippen LogP contribution < -0.4 is 5.32 Å². The largest absolute Gasteiger partial charge is 0.480 e. The molecule has 1 saturated heterocycles. The van der Waals surface area contributed by atoms with Crippen molar-refractivity contribution in [3.05, 3.63) is 0 Å². The zero-order valence-corrected chi connectivity index (χ0v) is 12.1. The molecule has 1 heterocycles. The van der Waals surface area contributed by atoms with Gasteiger partial charge in [-0.3, -0.25) is 4.79 Å². The van der Waals surface area contributed by atoms with Crippen LogP contribution in [0.3, 0.4) is 0 Å². The maximum absolute atomic E-state index is 11.9. The number of nitrogens with zero attached hydrogens (tertiary/aromatic N) is 1. The average molecular weight is 302 g/mol. The van der Waals surface area contributed by atoms with Crippen molar-refractivity contribution in [2.75, 3.05) is 24.6 Å². The highest BCUT2D eigenvalue weighted by molar-refractivity contribution is 7.91. The summed E-state index contributed by atoms with van der Waals surface area (Å²) >= 11 is 0. The molecule has 0 saturated carbocycles. The lowest BCUT2D eigenvalue weighted by atomic mass is 10.2. The number of sulfone groups is 1. The van der Waals surface area contributed by atoms with E-state index >= 15 is 0 Å². The van der Waals surface area contributed by atoms with Gasteiger partial charge in [0.2, 0.25) is 0 Å². The monoisotopic (exact) mass is 302 g/mol. The van der Waals surface area contributed by atoms with Crippen LogP contribution in [0.15, 0.2) is 0 Å². The Morgan fingerprint density at radius 3 is 2.65 bits per heavy atom. The lowest BCUT2D eigenvalue weighted by Crippen LogP contribution is -2.49. The van der Waals surface area contributed by atoms with Gasteiger partial charge in [-0.15, -0.1) is 11.8 Å². The Morgan fingerprint density at radius 1 is 1.45 bits per heavy atom. The first-order valence-corrected chi connectivity index (χ1v) is 8.04. The van der Waals surface area contributed by atoms with Gasteiger partial charge in [-0.2, -0.15) is 0 Å². The van der Waals surface area contributed by atoms with E-state index in [2.05, 4.69) is 17.2 Å². The van der Waals surface area contributed by atoms with E-state index in [-0.39, 0.29) is 17.9 Å². The number of rotatable bonds is 5. The molecule has 0 bridgehead atoms. The molecule has 7 nitrogen and oxygen atoms in total. The van der Waals surface area contributed by atoms with Gasteiger partial charge < -0.3 is 15.3 Å². The van der Waals surface area contributed by atoms with Crippen molar-refractivity contribution in [3.8, 4) is 11.8 Å². The van der Waals surface area contributed by atoms with Gasteiger partial charge in [0.05, 0.1) is 11.5 Å². The van der Waals surface area contributed by atoms with Crippen LogP contribution in [-0.4, -0.2) is 61.1 Å². The maximum Gasteiger partial charge on any atom is 0.323 e. The molecular weight excluding hydrogens is 284 g/mol. The van der Waals surface area contributed by atoms with Crippen LogP contribution in [0, 0.1) is 11.8 Å². The molecule has 0 aromatic rings. The number of urea groups is 1. The maximum atomic E-state index is 11.9. The number of carbonyl (C=O) groups is 2. The van der Waals surface area contributed by atoms with Crippen LogP contribution in [0.2, 0.25) is 0 Å². The Labute approximate surface area is 118 Å². The van der Waals surface area contributed by atoms with Gasteiger partial charge in [0.1, 0.15) is 6.54 Å². The predicted octanol–water partition coefficient (Wildman–Crippen LogP) is -0.317. The molecule has 0 aromatic carbocycles. The number of aliphatic carboxylic acids is 1. The van der Waals surface area contributed by atoms with Crippen LogP contribution >= 0.6 is 0 Å². The highest BCUT2D eigenvalue weighted by atomic mass is 32.2. The van der Waals surface area contributed by atoms with E-state index in [4.69, 9.17) is 5.11 Å². The standard InChI is InChI=1S/C12H18N2O5S/c1-2-3-4-6-13-12(17)14(8-11(15)16)10-5-7-20(18,19)9-10/h10H,4-9H2,1H3,(H,13,17)(H,15,16). The third-order valence-electron chi connectivity index (χ3n) is 2.92. The van der Waals surface area contributed by atoms with Gasteiger partial charge in [-0.05, 0) is 13.3 Å². The van der Waals surface area contributed by atoms with Crippen molar-refractivity contribution in [2.45, 2.75) is 25.8 Å². The number of amides is 2. The minimum atomic E-state index is -3.18. The average Bonchev–Trinajstić information content (AvgIpc) is 2.71. The molecule has 0 aromatic heterocycles. The van der Waals surface area contributed by atoms with Gasteiger partial charge in [-0.25, -0.2) is 13.2 Å². The van der Waals surface area contributed by atoms with Crippen LogP contribution in [0.1, 0.15) is 19.8 Å². The second kappa shape index (κ2) is 7.14. The van der Waals surface area contributed by atoms with Crippen molar-refractivity contribution in [1.29, 1.82) is 0 Å². The van der Waals surface area contributed by atoms with Crippen molar-refractivity contribution >= 4 is 21.8 Å². The fraction of sp³-hybridized carbons (Fsp3) is 0.667. The van der Waals surface area contributed by atoms with Crippen molar-refractivity contribution in [3.63, 3.8) is 0 Å². The highest BCUT2D eigenvalue weighted by Crippen LogP contribution is 2.17. The molecule has 1 aliphatic rings. The summed E-state index contributed by atoms with van der Waals surface area (Å²) in [6, 6.07) is -1.14. The van der Waals surface area contributed by atoms with E-state index < -0.39 is 34.4 Å². The molecule has 1 aliphatic heterocycles. The summed E-state index contributed by atoms with van der Waals surface area (Å²) in [5.41, 5.74) is 0. The molecule has 2 amide bonds. The molecule has 2 N–H and O–H groups in total. The van der Waals surface area contributed by atoms with Crippen LogP contribution in [0.4, 0.5) is 4.79 Å². The normalized spacial score (nSPS) is 19.8. The van der Waals surface area contributed by atoms with Gasteiger partial charge >= 0.3 is 12.0 Å². The van der Waals surface area contributed by atoms with E-state index in [1.54, 1.807) is 6.92 Å². The molecular formula is C12H18N2O5S. The fourth-order valence-corrected chi connectivity index (χ4v) is 3.72. The van der Waals surface area contributed by atoms with Crippen molar-refractivity contribution < 1.29 is 23.1 Å². The summed E-state index contributed by atoms with van der Waals surface area (Å²) in [5.74, 6) is 4.09. The molecule has 0 spiro atoms. The lowest BCUT2D eigenvalue weighted by Gasteiger charge is -2.26. The molecule has 0 radical (unpaired) electrons. The topological polar surface area (TPSA) is 104 Å². The smallest absolute Gasteiger partial charge is 0.323 e. The van der Waals surface area contributed by atoms with E-state index in [1.165, 1.54) is 0 Å². The first-order chi connectivity index (χ1) is 9.35. The van der Waals surface area contributed by atoms with Crippen LogP contribution in [0.5, 0.6) is 0 Å². The summed E-state index contributed by atoms with van der Waals surface area (Å²) in [5, 5.41) is 11.4. The molecule has 20 heavy (non-hydrogen) atoms. The van der Waals surface area contributed by atoms with Gasteiger partial charge in [0.15, 0.2) is 9.84 Å². The molecule has 8 heteroatoms. The number of nitrogens with one attached hydrogen (secondary N) is 1. The van der Waals surface area contributed by atoms with Gasteiger partial charge in [-0.1, -0.05) is 0 Å². The van der Waals surface area contributed by atoms with Crippen molar-refractivity contribution in [2.24, 2.45) is 0 Å². The number of carboxylic acid groups (broad SMARTS) is 1. The highest BCUT2D eigenvalue weighted by Gasteiger charge is 2.35. The van der Waals surface area contributed by atoms with Crippen molar-refractivity contribution in [1.82, 2.24) is 10.2 Å². The second-order valence-electron chi connectivity index (χ2n) is 4.49. The summed E-state index contributed by atoms with van der Waals surface area (Å²) < 4.78 is 22.9. The van der Waals surface area contributed by atoms with E-state index in [0.29, 0.717) is 13.0 Å². The van der Waals surface area contributed by atoms with E-state index in [1.807, 2.05) is 0 Å². The Bertz CT molecular complexity index is 532. The summed E-state index contributed by atoms with van der Waals surface area (Å²) in [6.07, 6.45) is 0.740. The summed E-state index contributed by atoms with van der Waals surface area (Å²) in [7, 11) is -3.18. The van der Waals surface area contributed by atoms with Gasteiger partial charge in [0, 0.05) is 19.0 Å². The van der Waals surface area contributed by atoms with E-state index in [0.717, 1.165) is 4.90 Å². The minimum absolute atomic E-state index is 0.0115. The summed E-state index contributed by atoms with van der Waals surface area (Å²) in [6.45, 7) is 1.47. The predicted molar refractivity (Wildman–Crippen MR) is 72.9 cm³/mol. The number of hydrogen-bond acceptors (Lipinski definition) is 4. The molecule has 1 fully saturated rings.